The molecule has 2 aromatic heterocycles. The fourth-order valence-corrected chi connectivity index (χ4v) is 2.01. The van der Waals surface area contributed by atoms with Gasteiger partial charge in [0, 0.05) is 49.2 Å². The number of hydrogen-bond donors (Lipinski definition) is 2. The smallest absolute Gasteiger partial charge is 0.0922 e. The number of nitrogens with zero attached hydrogens (tertiary/aromatic N) is 3. The molecule has 0 bridgehead atoms. The molecule has 2 heterocycles. The molecular formula is C13H21N5. The van der Waals surface area contributed by atoms with Crippen LogP contribution in [0.3, 0.4) is 0 Å². The quantitative estimate of drug-likeness (QED) is 0.865. The zero-order chi connectivity index (χ0) is 13.2. The molecule has 0 fully saturated rings. The third-order valence-corrected chi connectivity index (χ3v) is 2.80. The fraction of sp³-hybridized carbons (Fsp3) is 0.538. The van der Waals surface area contributed by atoms with E-state index in [0.29, 0.717) is 0 Å². The third-order valence-electron chi connectivity index (χ3n) is 2.80. The van der Waals surface area contributed by atoms with Crippen LogP contribution in [0.1, 0.15) is 37.7 Å². The summed E-state index contributed by atoms with van der Waals surface area (Å²) in [4.78, 5) is 7.08. The minimum absolute atomic E-state index is 0.0757. The van der Waals surface area contributed by atoms with Crippen molar-refractivity contribution in [3.63, 3.8) is 0 Å². The highest BCUT2D eigenvalue weighted by atomic mass is 15.3. The Bertz CT molecular complexity index is 490. The van der Waals surface area contributed by atoms with E-state index in [2.05, 4.69) is 47.4 Å². The summed E-state index contributed by atoms with van der Waals surface area (Å²) in [7, 11) is 1.97. The third kappa shape index (κ3) is 2.98. The van der Waals surface area contributed by atoms with Crippen LogP contribution in [0.2, 0.25) is 0 Å². The van der Waals surface area contributed by atoms with Gasteiger partial charge < -0.3 is 10.3 Å². The topological polar surface area (TPSA) is 58.5 Å². The Labute approximate surface area is 108 Å². The van der Waals surface area contributed by atoms with Crippen LogP contribution in [0.5, 0.6) is 0 Å². The van der Waals surface area contributed by atoms with E-state index in [1.165, 1.54) is 5.56 Å². The second-order valence-electron chi connectivity index (χ2n) is 5.61. The number of aryl methyl sites for hydroxylation is 1. The molecule has 0 aromatic carbocycles. The van der Waals surface area contributed by atoms with E-state index >= 15 is 0 Å². The highest BCUT2D eigenvalue weighted by Crippen LogP contribution is 2.23. The fourth-order valence-electron chi connectivity index (χ4n) is 2.01. The van der Waals surface area contributed by atoms with Crippen LogP contribution >= 0.6 is 0 Å². The average Bonchev–Trinajstić information content (AvgIpc) is 2.87. The van der Waals surface area contributed by atoms with Crippen molar-refractivity contribution in [3.05, 3.63) is 35.7 Å². The van der Waals surface area contributed by atoms with Crippen LogP contribution in [-0.4, -0.2) is 19.7 Å². The zero-order valence-electron chi connectivity index (χ0n) is 11.5. The van der Waals surface area contributed by atoms with Gasteiger partial charge in [0.05, 0.1) is 12.0 Å². The summed E-state index contributed by atoms with van der Waals surface area (Å²) in [6.45, 7) is 8.17. The maximum Gasteiger partial charge on any atom is 0.0922 e. The summed E-state index contributed by atoms with van der Waals surface area (Å²) in [5, 5.41) is 7.96. The lowest BCUT2D eigenvalue weighted by molar-refractivity contribution is 0.543. The maximum absolute atomic E-state index is 4.55. The van der Waals surface area contributed by atoms with Gasteiger partial charge in [-0.05, 0) is 0 Å². The minimum Gasteiger partial charge on any atom is -0.347 e. The molecular weight excluding hydrogens is 226 g/mol. The Morgan fingerprint density at radius 1 is 1.33 bits per heavy atom. The molecule has 5 nitrogen and oxygen atoms in total. The van der Waals surface area contributed by atoms with Gasteiger partial charge in [0.2, 0.25) is 0 Å². The predicted molar refractivity (Wildman–Crippen MR) is 71.0 cm³/mol. The van der Waals surface area contributed by atoms with Crippen LogP contribution in [-0.2, 0) is 25.6 Å². The van der Waals surface area contributed by atoms with Gasteiger partial charge in [0.25, 0.3) is 0 Å². The summed E-state index contributed by atoms with van der Waals surface area (Å²) in [5.41, 5.74) is 3.58. The first-order chi connectivity index (χ1) is 8.47. The van der Waals surface area contributed by atoms with E-state index in [4.69, 9.17) is 0 Å². The second kappa shape index (κ2) is 4.94. The molecule has 0 aliphatic carbocycles. The lowest BCUT2D eigenvalue weighted by atomic mass is 9.89. The van der Waals surface area contributed by atoms with Crippen LogP contribution < -0.4 is 5.32 Å². The van der Waals surface area contributed by atoms with Gasteiger partial charge >= 0.3 is 0 Å². The monoisotopic (exact) mass is 247 g/mol. The molecule has 2 N–H and O–H groups in total. The number of hydrogen-bond acceptors (Lipinski definition) is 3. The molecule has 0 unspecified atom stereocenters. The first-order valence-electron chi connectivity index (χ1n) is 6.18. The molecule has 0 radical (unpaired) electrons. The SMILES string of the molecule is Cn1cc(CNCc2cnc[nH]2)c(C(C)(C)C)n1. The van der Waals surface area contributed by atoms with Crippen LogP contribution in [0, 0.1) is 0 Å². The van der Waals surface area contributed by atoms with E-state index in [-0.39, 0.29) is 5.41 Å². The van der Waals surface area contributed by atoms with Crippen molar-refractivity contribution in [1.82, 2.24) is 25.1 Å². The van der Waals surface area contributed by atoms with Gasteiger partial charge in [-0.3, -0.25) is 4.68 Å². The number of aromatic nitrogens is 4. The molecule has 2 rings (SSSR count). The van der Waals surface area contributed by atoms with E-state index in [0.717, 1.165) is 24.5 Å². The number of imidazole rings is 1. The van der Waals surface area contributed by atoms with Crippen LogP contribution in [0.4, 0.5) is 0 Å². The second-order valence-corrected chi connectivity index (χ2v) is 5.61. The minimum atomic E-state index is 0.0757. The Hall–Kier alpha value is -1.62. The van der Waals surface area contributed by atoms with Crippen LogP contribution in [0.15, 0.2) is 18.7 Å². The van der Waals surface area contributed by atoms with Crippen LogP contribution in [0.25, 0.3) is 0 Å². The molecule has 18 heavy (non-hydrogen) atoms. The largest absolute Gasteiger partial charge is 0.347 e. The lowest BCUT2D eigenvalue weighted by Crippen LogP contribution is -2.19. The van der Waals surface area contributed by atoms with Crippen molar-refractivity contribution >= 4 is 0 Å². The number of rotatable bonds is 4. The number of nitrogens with one attached hydrogen (secondary N) is 2. The Morgan fingerprint density at radius 3 is 2.72 bits per heavy atom. The highest BCUT2D eigenvalue weighted by molar-refractivity contribution is 5.23. The zero-order valence-corrected chi connectivity index (χ0v) is 11.5. The summed E-state index contributed by atoms with van der Waals surface area (Å²) in [5.74, 6) is 0. The van der Waals surface area contributed by atoms with E-state index in [1.54, 1.807) is 6.33 Å². The van der Waals surface area contributed by atoms with Crippen molar-refractivity contribution in [2.75, 3.05) is 0 Å². The summed E-state index contributed by atoms with van der Waals surface area (Å²) < 4.78 is 1.88. The maximum atomic E-state index is 4.55. The first-order valence-corrected chi connectivity index (χ1v) is 6.18. The van der Waals surface area contributed by atoms with Gasteiger partial charge in [0.1, 0.15) is 0 Å². The number of aromatic amines is 1. The van der Waals surface area contributed by atoms with Gasteiger partial charge in [-0.1, -0.05) is 20.8 Å². The summed E-state index contributed by atoms with van der Waals surface area (Å²) in [6, 6.07) is 0. The Balaban J connectivity index is 2.01. The van der Waals surface area contributed by atoms with E-state index in [9.17, 15) is 0 Å². The van der Waals surface area contributed by atoms with Crippen molar-refractivity contribution in [1.29, 1.82) is 0 Å². The highest BCUT2D eigenvalue weighted by Gasteiger charge is 2.21. The summed E-state index contributed by atoms with van der Waals surface area (Å²) >= 11 is 0. The molecule has 0 saturated heterocycles. The summed E-state index contributed by atoms with van der Waals surface area (Å²) in [6.07, 6.45) is 5.61. The molecule has 0 aliphatic heterocycles. The van der Waals surface area contributed by atoms with Gasteiger partial charge in [-0.2, -0.15) is 5.10 Å². The van der Waals surface area contributed by atoms with Crippen molar-refractivity contribution < 1.29 is 0 Å². The van der Waals surface area contributed by atoms with Gasteiger partial charge in [-0.25, -0.2) is 4.98 Å². The molecule has 0 atom stereocenters. The van der Waals surface area contributed by atoms with Crippen molar-refractivity contribution in [2.24, 2.45) is 7.05 Å². The van der Waals surface area contributed by atoms with E-state index < -0.39 is 0 Å². The average molecular weight is 247 g/mol. The molecule has 0 spiro atoms. The van der Waals surface area contributed by atoms with Crippen molar-refractivity contribution in [2.45, 2.75) is 39.3 Å². The van der Waals surface area contributed by atoms with Gasteiger partial charge in [-0.15, -0.1) is 0 Å². The lowest BCUT2D eigenvalue weighted by Gasteiger charge is -2.17. The molecule has 2 aromatic rings. The van der Waals surface area contributed by atoms with Gasteiger partial charge in [0.15, 0.2) is 0 Å². The molecule has 98 valence electrons. The normalized spacial score (nSPS) is 12.0. The molecule has 0 saturated carbocycles. The molecule has 0 aliphatic rings. The predicted octanol–water partition coefficient (Wildman–Crippen LogP) is 1.73. The molecule has 0 amide bonds. The van der Waals surface area contributed by atoms with E-state index in [1.807, 2.05) is 17.9 Å². The first kappa shape index (κ1) is 12.8. The standard InChI is InChI=1S/C13H21N5/c1-13(2,3)12-10(8-18(4)17-12)5-14-6-11-7-15-9-16-11/h7-9,14H,5-6H2,1-4H3,(H,15,16). The number of H-pyrrole nitrogens is 1. The van der Waals surface area contributed by atoms with Crippen molar-refractivity contribution in [3.8, 4) is 0 Å². The Morgan fingerprint density at radius 2 is 2.11 bits per heavy atom. The molecule has 5 heteroatoms. The Kier molecular flexibility index (Phi) is 3.52.